The van der Waals surface area contributed by atoms with Crippen molar-refractivity contribution in [3.63, 3.8) is 0 Å². The normalized spacial score (nSPS) is 10.5. The standard InChI is InChI=1S/C6H10N2O4/c1-6(3-7-10,4-8-11)5(9)12-2/h3-4H2,1-2H3. The predicted octanol–water partition coefficient (Wildman–Crippen LogP) is 0.698. The molecule has 0 aromatic rings. The summed E-state index contributed by atoms with van der Waals surface area (Å²) in [6.07, 6.45) is 0. The summed E-state index contributed by atoms with van der Waals surface area (Å²) in [5.41, 5.74) is -1.21. The van der Waals surface area contributed by atoms with Crippen LogP contribution < -0.4 is 0 Å². The van der Waals surface area contributed by atoms with Gasteiger partial charge in [0.05, 0.1) is 20.2 Å². The molecule has 0 bridgehead atoms. The second-order valence-electron chi connectivity index (χ2n) is 2.63. The average Bonchev–Trinajstić information content (AvgIpc) is 2.04. The molecule has 0 spiro atoms. The van der Waals surface area contributed by atoms with E-state index < -0.39 is 11.4 Å². The van der Waals surface area contributed by atoms with E-state index in [1.54, 1.807) is 0 Å². The summed E-state index contributed by atoms with van der Waals surface area (Å²) in [4.78, 5) is 30.8. The van der Waals surface area contributed by atoms with E-state index >= 15 is 0 Å². The van der Waals surface area contributed by atoms with E-state index in [1.165, 1.54) is 14.0 Å². The first-order chi connectivity index (χ1) is 5.60. The summed E-state index contributed by atoms with van der Waals surface area (Å²) in [6, 6.07) is 0. The van der Waals surface area contributed by atoms with Gasteiger partial charge in [-0.15, -0.1) is 0 Å². The molecule has 6 nitrogen and oxygen atoms in total. The van der Waals surface area contributed by atoms with Crippen LogP contribution in [0.1, 0.15) is 6.92 Å². The fraction of sp³-hybridized carbons (Fsp3) is 0.833. The van der Waals surface area contributed by atoms with Crippen molar-refractivity contribution in [3.05, 3.63) is 9.81 Å². The molecule has 0 unspecified atom stereocenters. The van der Waals surface area contributed by atoms with Crippen LogP contribution in [0, 0.1) is 15.2 Å². The Morgan fingerprint density at radius 2 is 1.75 bits per heavy atom. The van der Waals surface area contributed by atoms with Crippen LogP contribution >= 0.6 is 0 Å². The molecule has 0 saturated carbocycles. The van der Waals surface area contributed by atoms with Gasteiger partial charge in [-0.1, -0.05) is 10.4 Å². The van der Waals surface area contributed by atoms with Crippen LogP contribution in [-0.2, 0) is 9.53 Å². The van der Waals surface area contributed by atoms with Gasteiger partial charge in [0.2, 0.25) is 0 Å². The lowest BCUT2D eigenvalue weighted by molar-refractivity contribution is -0.150. The summed E-state index contributed by atoms with van der Waals surface area (Å²) in [7, 11) is 1.18. The molecule has 0 aromatic carbocycles. The number of rotatable bonds is 5. The van der Waals surface area contributed by atoms with Crippen molar-refractivity contribution in [3.8, 4) is 0 Å². The maximum Gasteiger partial charge on any atom is 0.315 e. The number of nitrogens with zero attached hydrogens (tertiary/aromatic N) is 2. The molecule has 0 fully saturated rings. The number of nitroso groups, excluding NO2 is 2. The number of ether oxygens (including phenoxy) is 1. The van der Waals surface area contributed by atoms with Crippen molar-refractivity contribution in [2.75, 3.05) is 20.2 Å². The molecule has 0 aliphatic rings. The largest absolute Gasteiger partial charge is 0.468 e. The quantitative estimate of drug-likeness (QED) is 0.453. The topological polar surface area (TPSA) is 85.2 Å². The molecule has 12 heavy (non-hydrogen) atoms. The van der Waals surface area contributed by atoms with Gasteiger partial charge in [0.1, 0.15) is 5.41 Å². The summed E-state index contributed by atoms with van der Waals surface area (Å²) in [5, 5.41) is 5.09. The summed E-state index contributed by atoms with van der Waals surface area (Å²) >= 11 is 0. The third-order valence-corrected chi connectivity index (χ3v) is 1.51. The van der Waals surface area contributed by atoms with E-state index in [0.29, 0.717) is 0 Å². The Labute approximate surface area is 69.2 Å². The van der Waals surface area contributed by atoms with Gasteiger partial charge in [0, 0.05) is 0 Å². The lowest BCUT2D eigenvalue weighted by Crippen LogP contribution is -2.34. The molecule has 0 amide bonds. The predicted molar refractivity (Wildman–Crippen MR) is 41.4 cm³/mol. The van der Waals surface area contributed by atoms with Crippen LogP contribution in [0.4, 0.5) is 0 Å². The smallest absolute Gasteiger partial charge is 0.315 e. The van der Waals surface area contributed by atoms with Gasteiger partial charge in [0.15, 0.2) is 0 Å². The van der Waals surface area contributed by atoms with Crippen molar-refractivity contribution >= 4 is 5.97 Å². The highest BCUT2D eigenvalue weighted by Crippen LogP contribution is 2.19. The van der Waals surface area contributed by atoms with Crippen molar-refractivity contribution in [1.29, 1.82) is 0 Å². The zero-order chi connectivity index (χ0) is 9.61. The molecule has 0 radical (unpaired) electrons. The number of carbonyl (C=O) groups is 1. The number of methoxy groups -OCH3 is 1. The van der Waals surface area contributed by atoms with E-state index in [1.807, 2.05) is 0 Å². The van der Waals surface area contributed by atoms with E-state index in [9.17, 15) is 14.6 Å². The van der Waals surface area contributed by atoms with Gasteiger partial charge in [-0.3, -0.25) is 4.79 Å². The molecule has 0 atom stereocenters. The third kappa shape index (κ3) is 2.37. The number of esters is 1. The Morgan fingerprint density at radius 1 is 1.33 bits per heavy atom. The Hall–Kier alpha value is -1.33. The lowest BCUT2D eigenvalue weighted by atomic mass is 9.91. The number of hydrogen-bond acceptors (Lipinski definition) is 6. The minimum atomic E-state index is -1.21. The van der Waals surface area contributed by atoms with Crippen molar-refractivity contribution in [1.82, 2.24) is 0 Å². The Kier molecular flexibility index (Phi) is 4.03. The van der Waals surface area contributed by atoms with Crippen LogP contribution in [0.25, 0.3) is 0 Å². The Bertz CT molecular complexity index is 182. The number of carbonyl (C=O) groups excluding carboxylic acids is 1. The summed E-state index contributed by atoms with van der Waals surface area (Å²) in [6.45, 7) is 0.804. The highest BCUT2D eigenvalue weighted by molar-refractivity contribution is 5.76. The van der Waals surface area contributed by atoms with Gasteiger partial charge < -0.3 is 4.74 Å². The third-order valence-electron chi connectivity index (χ3n) is 1.51. The molecule has 0 aliphatic heterocycles. The molecular weight excluding hydrogens is 164 g/mol. The first kappa shape index (κ1) is 10.7. The van der Waals surface area contributed by atoms with E-state index in [0.717, 1.165) is 0 Å². The van der Waals surface area contributed by atoms with Crippen LogP contribution in [-0.4, -0.2) is 26.2 Å². The Balaban J connectivity index is 4.46. The Morgan fingerprint density at radius 3 is 2.00 bits per heavy atom. The molecule has 0 saturated heterocycles. The maximum atomic E-state index is 11.0. The zero-order valence-corrected chi connectivity index (χ0v) is 6.94. The van der Waals surface area contributed by atoms with Crippen molar-refractivity contribution in [2.24, 2.45) is 15.8 Å². The molecule has 6 heteroatoms. The van der Waals surface area contributed by atoms with Gasteiger partial charge in [-0.25, -0.2) is 0 Å². The highest BCUT2D eigenvalue weighted by Gasteiger charge is 2.35. The average molecular weight is 174 g/mol. The van der Waals surface area contributed by atoms with Crippen LogP contribution in [0.15, 0.2) is 10.4 Å². The molecule has 0 aromatic heterocycles. The number of hydrogen-bond donors (Lipinski definition) is 0. The molecule has 68 valence electrons. The first-order valence-corrected chi connectivity index (χ1v) is 3.27. The van der Waals surface area contributed by atoms with Gasteiger partial charge in [0.25, 0.3) is 0 Å². The first-order valence-electron chi connectivity index (χ1n) is 3.27. The molecule has 0 N–H and O–H groups in total. The lowest BCUT2D eigenvalue weighted by Gasteiger charge is -2.18. The van der Waals surface area contributed by atoms with Gasteiger partial charge in [-0.2, -0.15) is 9.81 Å². The van der Waals surface area contributed by atoms with Crippen LogP contribution in [0.5, 0.6) is 0 Å². The molecule has 0 rings (SSSR count). The van der Waals surface area contributed by atoms with E-state index in [2.05, 4.69) is 15.1 Å². The molecular formula is C6H10N2O4. The monoisotopic (exact) mass is 174 g/mol. The minimum Gasteiger partial charge on any atom is -0.468 e. The second kappa shape index (κ2) is 4.53. The minimum absolute atomic E-state index is 0.300. The van der Waals surface area contributed by atoms with Gasteiger partial charge >= 0.3 is 5.97 Å². The van der Waals surface area contributed by atoms with Crippen LogP contribution in [0.3, 0.4) is 0 Å². The molecule has 0 heterocycles. The summed E-state index contributed by atoms with van der Waals surface area (Å²) in [5.74, 6) is -0.651. The van der Waals surface area contributed by atoms with Crippen LogP contribution in [0.2, 0.25) is 0 Å². The van der Waals surface area contributed by atoms with Crippen molar-refractivity contribution < 1.29 is 9.53 Å². The van der Waals surface area contributed by atoms with E-state index in [4.69, 9.17) is 0 Å². The van der Waals surface area contributed by atoms with Crippen molar-refractivity contribution in [2.45, 2.75) is 6.92 Å². The molecule has 0 aliphatic carbocycles. The second-order valence-corrected chi connectivity index (χ2v) is 2.63. The van der Waals surface area contributed by atoms with Gasteiger partial charge in [-0.05, 0) is 6.92 Å². The fourth-order valence-corrected chi connectivity index (χ4v) is 0.710. The van der Waals surface area contributed by atoms with E-state index in [-0.39, 0.29) is 13.1 Å². The highest BCUT2D eigenvalue weighted by atomic mass is 16.5. The SMILES string of the molecule is COC(=O)C(C)(CN=O)CN=O. The maximum absolute atomic E-state index is 11.0. The fourth-order valence-electron chi connectivity index (χ4n) is 0.710. The summed E-state index contributed by atoms with van der Waals surface area (Å²) < 4.78 is 4.38. The zero-order valence-electron chi connectivity index (χ0n) is 6.94.